The maximum atomic E-state index is 2.55. The van der Waals surface area contributed by atoms with Gasteiger partial charge in [0.05, 0.1) is 39.4 Å². The predicted octanol–water partition coefficient (Wildman–Crippen LogP) is 16.3. The number of thioether (sulfide) groups is 1. The molecule has 0 saturated carbocycles. The van der Waals surface area contributed by atoms with Crippen molar-refractivity contribution in [3.8, 4) is 16.8 Å². The Morgan fingerprint density at radius 2 is 1.06 bits per heavy atom. The van der Waals surface area contributed by atoms with Crippen LogP contribution in [0, 0.1) is 0 Å². The van der Waals surface area contributed by atoms with Crippen LogP contribution >= 0.6 is 23.5 Å². The molecule has 0 amide bonds. The summed E-state index contributed by atoms with van der Waals surface area (Å²) in [5.41, 5.74) is 17.3. The molecule has 13 rings (SSSR count). The fourth-order valence-corrected chi connectivity index (χ4v) is 12.9. The molecule has 0 spiro atoms. The molecule has 3 heterocycles. The van der Waals surface area contributed by atoms with E-state index in [1.165, 1.54) is 98.3 Å². The second-order valence-electron chi connectivity index (χ2n) is 17.7. The van der Waals surface area contributed by atoms with E-state index in [9.17, 15) is 0 Å². The van der Waals surface area contributed by atoms with E-state index in [2.05, 4.69) is 241 Å². The average Bonchev–Trinajstić information content (AvgIpc) is 3.78. The third-order valence-electron chi connectivity index (χ3n) is 13.7. The van der Waals surface area contributed by atoms with Crippen molar-refractivity contribution < 1.29 is 0 Å². The molecule has 3 nitrogen and oxygen atoms in total. The molecule has 0 N–H and O–H groups in total. The minimum atomic E-state index is -0.165. The maximum absolute atomic E-state index is 2.55. The predicted molar refractivity (Wildman–Crippen MR) is 273 cm³/mol. The Morgan fingerprint density at radius 3 is 1.83 bits per heavy atom. The number of hydrogen-bond acceptors (Lipinski definition) is 4. The molecule has 5 heteroatoms. The second-order valence-corrected chi connectivity index (χ2v) is 20.0. The number of nitrogens with zero attached hydrogens (tertiary/aromatic N) is 3. The van der Waals surface area contributed by atoms with Gasteiger partial charge in [-0.15, -0.1) is 11.8 Å². The van der Waals surface area contributed by atoms with E-state index in [4.69, 9.17) is 0 Å². The summed E-state index contributed by atoms with van der Waals surface area (Å²) in [4.78, 5) is 8.87. The summed E-state index contributed by atoms with van der Waals surface area (Å²) >= 11 is 3.82. The first kappa shape index (κ1) is 37.6. The molecule has 8 aromatic carbocycles. The van der Waals surface area contributed by atoms with Crippen molar-refractivity contribution in [2.24, 2.45) is 0 Å². The molecule has 0 saturated heterocycles. The molecule has 0 bridgehead atoms. The number of allylic oxidation sites excluding steroid dienone is 2. The van der Waals surface area contributed by atoms with Gasteiger partial charge in [-0.05, 0) is 124 Å². The molecule has 0 radical (unpaired) electrons. The lowest BCUT2D eigenvalue weighted by Gasteiger charge is -2.42. The van der Waals surface area contributed by atoms with Gasteiger partial charge in [-0.3, -0.25) is 0 Å². The number of para-hydroxylation sites is 4. The Hall–Kier alpha value is -6.92. The van der Waals surface area contributed by atoms with Crippen LogP contribution in [0.15, 0.2) is 215 Å². The Morgan fingerprint density at radius 1 is 0.484 bits per heavy atom. The molecule has 4 aliphatic rings. The van der Waals surface area contributed by atoms with Gasteiger partial charge in [0.1, 0.15) is 0 Å². The molecule has 0 fully saturated rings. The first-order valence-electron chi connectivity index (χ1n) is 22.2. The minimum Gasteiger partial charge on any atom is -0.332 e. The van der Waals surface area contributed by atoms with E-state index in [1.807, 2.05) is 23.5 Å². The summed E-state index contributed by atoms with van der Waals surface area (Å²) < 4.78 is 2.42. The highest BCUT2D eigenvalue weighted by Gasteiger charge is 2.37. The van der Waals surface area contributed by atoms with Gasteiger partial charge in [-0.2, -0.15) is 0 Å². The number of fused-ring (bicyclic) bond motifs is 10. The van der Waals surface area contributed by atoms with E-state index in [0.717, 1.165) is 5.69 Å². The van der Waals surface area contributed by atoms with Gasteiger partial charge in [0.15, 0.2) is 0 Å². The summed E-state index contributed by atoms with van der Waals surface area (Å²) in [6, 6.07) is 65.5. The van der Waals surface area contributed by atoms with Crippen molar-refractivity contribution in [1.29, 1.82) is 0 Å². The monoisotopic (exact) mass is 857 g/mol. The van der Waals surface area contributed by atoms with Crippen molar-refractivity contribution in [2.75, 3.05) is 9.80 Å². The lowest BCUT2D eigenvalue weighted by Crippen LogP contribution is -2.40. The summed E-state index contributed by atoms with van der Waals surface area (Å²) in [6.45, 7) is 4.77. The molecule has 306 valence electrons. The first-order chi connectivity index (χ1) is 31.5. The minimum absolute atomic E-state index is 0.165. The third-order valence-corrected chi connectivity index (χ3v) is 16.1. The van der Waals surface area contributed by atoms with Crippen molar-refractivity contribution in [1.82, 2.24) is 4.57 Å². The Kier molecular flexibility index (Phi) is 8.56. The zero-order valence-electron chi connectivity index (χ0n) is 35.5. The van der Waals surface area contributed by atoms with E-state index in [1.54, 1.807) is 0 Å². The zero-order chi connectivity index (χ0) is 42.5. The fourth-order valence-electron chi connectivity index (χ4n) is 10.6. The number of rotatable bonds is 5. The van der Waals surface area contributed by atoms with Gasteiger partial charge >= 0.3 is 0 Å². The molecule has 1 aromatic heterocycles. The third kappa shape index (κ3) is 5.84. The molecular weight excluding hydrogens is 815 g/mol. The summed E-state index contributed by atoms with van der Waals surface area (Å²) in [6.07, 6.45) is 13.7. The lowest BCUT2D eigenvalue weighted by molar-refractivity contribution is 0.660. The van der Waals surface area contributed by atoms with Gasteiger partial charge in [0.25, 0.3) is 0 Å². The van der Waals surface area contributed by atoms with E-state index < -0.39 is 0 Å². The van der Waals surface area contributed by atoms with Gasteiger partial charge in [-0.1, -0.05) is 147 Å². The number of benzene rings is 8. The van der Waals surface area contributed by atoms with Crippen molar-refractivity contribution in [3.63, 3.8) is 0 Å². The van der Waals surface area contributed by atoms with Gasteiger partial charge in [0.2, 0.25) is 0 Å². The zero-order valence-corrected chi connectivity index (χ0v) is 37.2. The van der Waals surface area contributed by atoms with Gasteiger partial charge < -0.3 is 14.4 Å². The van der Waals surface area contributed by atoms with Crippen LogP contribution in [0.25, 0.3) is 50.8 Å². The van der Waals surface area contributed by atoms with Crippen LogP contribution in [0.2, 0.25) is 0 Å². The number of hydrogen-bond donors (Lipinski definition) is 0. The molecule has 9 aromatic rings. The standard InChI is InChI=1S/C59H43N3S2/c1-59(2)47-35-39(26-30-43(47)44-31-28-42(37-48(44)59)62-53-18-8-12-22-57(53)64-58-23-13-9-19-54(58)62)25-24-38-27-32-49-45(34-38)46-36-41(29-33-50(46)60(49)40-14-4-3-5-15-40)61-51-16-6-10-20-55(51)63-56-21-11-7-17-52(56)61/h3-37,51,55H,1-2H3/b25-24+. The normalized spacial score (nSPS) is 17.6. The second kappa shape index (κ2) is 14.6. The molecular formula is C59H43N3S2. The fraction of sp³-hybridized carbons (Fsp3) is 0.0847. The molecule has 2 aliphatic heterocycles. The van der Waals surface area contributed by atoms with Crippen LogP contribution in [-0.2, 0) is 5.41 Å². The van der Waals surface area contributed by atoms with Crippen LogP contribution in [0.3, 0.4) is 0 Å². The van der Waals surface area contributed by atoms with Crippen LogP contribution in [0.1, 0.15) is 36.1 Å². The highest BCUT2D eigenvalue weighted by Crippen LogP contribution is 2.55. The van der Waals surface area contributed by atoms with Crippen LogP contribution < -0.4 is 9.80 Å². The van der Waals surface area contributed by atoms with Crippen molar-refractivity contribution in [2.45, 2.75) is 45.2 Å². The topological polar surface area (TPSA) is 11.4 Å². The van der Waals surface area contributed by atoms with Crippen LogP contribution in [-0.4, -0.2) is 15.9 Å². The highest BCUT2D eigenvalue weighted by atomic mass is 32.2. The Bertz CT molecular complexity index is 3420. The molecule has 2 atom stereocenters. The molecule has 64 heavy (non-hydrogen) atoms. The van der Waals surface area contributed by atoms with Crippen molar-refractivity contribution >= 4 is 85.9 Å². The summed E-state index contributed by atoms with van der Waals surface area (Å²) in [5, 5.41) is 2.85. The maximum Gasteiger partial charge on any atom is 0.0683 e. The number of anilines is 5. The van der Waals surface area contributed by atoms with Gasteiger partial charge in [0, 0.05) is 47.9 Å². The Balaban J connectivity index is 0.871. The average molecular weight is 858 g/mol. The van der Waals surface area contributed by atoms with E-state index >= 15 is 0 Å². The largest absolute Gasteiger partial charge is 0.332 e. The summed E-state index contributed by atoms with van der Waals surface area (Å²) in [7, 11) is 0. The quantitative estimate of drug-likeness (QED) is 0.160. The Labute approximate surface area is 382 Å². The first-order valence-corrected chi connectivity index (χ1v) is 23.8. The highest BCUT2D eigenvalue weighted by molar-refractivity contribution is 8.00. The van der Waals surface area contributed by atoms with E-state index in [-0.39, 0.29) is 11.5 Å². The van der Waals surface area contributed by atoms with Crippen LogP contribution in [0.4, 0.5) is 28.4 Å². The molecule has 2 aliphatic carbocycles. The smallest absolute Gasteiger partial charge is 0.0683 e. The van der Waals surface area contributed by atoms with E-state index in [0.29, 0.717) is 5.25 Å². The number of aromatic nitrogens is 1. The van der Waals surface area contributed by atoms with Gasteiger partial charge in [-0.25, -0.2) is 0 Å². The SMILES string of the molecule is CC1(C)c2cc(/C=C/c3ccc4c(c3)c3cc(N5c6ccccc6SC6C=CC=CC65)ccc3n4-c3ccccc3)ccc2-c2ccc(N3c4ccccc4Sc4ccccc43)cc21. The lowest BCUT2D eigenvalue weighted by atomic mass is 9.81. The molecule has 2 unspecified atom stereocenters. The summed E-state index contributed by atoms with van der Waals surface area (Å²) in [5.74, 6) is 0. The van der Waals surface area contributed by atoms with Crippen LogP contribution in [0.5, 0.6) is 0 Å². The van der Waals surface area contributed by atoms with Crippen molar-refractivity contribution in [3.05, 3.63) is 222 Å².